The van der Waals surface area contributed by atoms with Gasteiger partial charge in [0.25, 0.3) is 0 Å². The third-order valence-electron chi connectivity index (χ3n) is 3.08. The molecule has 100 valence electrons. The fraction of sp³-hybridized carbons (Fsp3) is 0.267. The summed E-state index contributed by atoms with van der Waals surface area (Å²) in [6.07, 6.45) is 1.80. The molecule has 19 heavy (non-hydrogen) atoms. The van der Waals surface area contributed by atoms with E-state index in [1.54, 1.807) is 12.3 Å². The Kier molecular flexibility index (Phi) is 4.81. The highest BCUT2D eigenvalue weighted by Gasteiger charge is 2.15. The predicted molar refractivity (Wildman–Crippen MR) is 80.7 cm³/mol. The molecule has 0 aliphatic carbocycles. The summed E-state index contributed by atoms with van der Waals surface area (Å²) >= 11 is 12.3. The summed E-state index contributed by atoms with van der Waals surface area (Å²) in [4.78, 5) is 4.34. The van der Waals surface area contributed by atoms with E-state index >= 15 is 0 Å². The van der Waals surface area contributed by atoms with Crippen molar-refractivity contribution in [3.63, 3.8) is 0 Å². The van der Waals surface area contributed by atoms with Gasteiger partial charge in [0.1, 0.15) is 0 Å². The minimum atomic E-state index is 0.100. The van der Waals surface area contributed by atoms with Crippen molar-refractivity contribution in [2.45, 2.75) is 25.9 Å². The largest absolute Gasteiger partial charge is 0.302 e. The number of hydrogen-bond donors (Lipinski definition) is 1. The van der Waals surface area contributed by atoms with Crippen molar-refractivity contribution in [2.75, 3.05) is 0 Å². The predicted octanol–water partition coefficient (Wildman–Crippen LogP) is 4.80. The topological polar surface area (TPSA) is 24.9 Å². The molecule has 0 saturated heterocycles. The Morgan fingerprint density at radius 1 is 1.00 bits per heavy atom. The van der Waals surface area contributed by atoms with E-state index in [4.69, 9.17) is 23.2 Å². The molecule has 2 aromatic rings. The minimum absolute atomic E-state index is 0.100. The van der Waals surface area contributed by atoms with Crippen molar-refractivity contribution < 1.29 is 0 Å². The Bertz CT molecular complexity index is 543. The van der Waals surface area contributed by atoms with Gasteiger partial charge in [-0.3, -0.25) is 4.98 Å². The number of rotatable bonds is 4. The number of halogens is 2. The van der Waals surface area contributed by atoms with E-state index < -0.39 is 0 Å². The lowest BCUT2D eigenvalue weighted by molar-refractivity contribution is 0.486. The molecule has 1 aromatic carbocycles. The quantitative estimate of drug-likeness (QED) is 0.876. The number of benzene rings is 1. The second kappa shape index (κ2) is 6.38. The summed E-state index contributed by atoms with van der Waals surface area (Å²) in [5.74, 6) is 0. The molecule has 1 N–H and O–H groups in total. The third kappa shape index (κ3) is 3.47. The lowest BCUT2D eigenvalue weighted by Gasteiger charge is -2.21. The molecule has 0 saturated carbocycles. The first-order valence-corrected chi connectivity index (χ1v) is 6.96. The maximum Gasteiger partial charge on any atom is 0.0639 e. The van der Waals surface area contributed by atoms with E-state index in [0.717, 1.165) is 11.3 Å². The molecule has 1 unspecified atom stereocenters. The summed E-state index contributed by atoms with van der Waals surface area (Å²) < 4.78 is 0. The van der Waals surface area contributed by atoms with E-state index in [2.05, 4.69) is 24.1 Å². The zero-order valence-electron chi connectivity index (χ0n) is 10.9. The van der Waals surface area contributed by atoms with Crippen LogP contribution in [-0.2, 0) is 0 Å². The summed E-state index contributed by atoms with van der Waals surface area (Å²) in [6.45, 7) is 4.15. The van der Waals surface area contributed by atoms with Crippen LogP contribution in [0.25, 0.3) is 0 Å². The molecule has 0 spiro atoms. The van der Waals surface area contributed by atoms with Crippen LogP contribution in [0.1, 0.15) is 37.2 Å². The molecule has 0 aliphatic rings. The lowest BCUT2D eigenvalue weighted by atomic mass is 10.1. The number of nitrogens with zero attached hydrogens (tertiary/aromatic N) is 1. The van der Waals surface area contributed by atoms with Gasteiger partial charge in [0.2, 0.25) is 0 Å². The van der Waals surface area contributed by atoms with Gasteiger partial charge < -0.3 is 5.32 Å². The van der Waals surface area contributed by atoms with Gasteiger partial charge in [-0.1, -0.05) is 41.4 Å². The molecule has 2 nitrogen and oxygen atoms in total. The first-order valence-electron chi connectivity index (χ1n) is 6.20. The zero-order chi connectivity index (χ0) is 13.8. The molecule has 2 rings (SSSR count). The molecule has 4 heteroatoms. The Morgan fingerprint density at radius 3 is 2.47 bits per heavy atom. The molecule has 0 fully saturated rings. The summed E-state index contributed by atoms with van der Waals surface area (Å²) in [5, 5.41) is 4.67. The molecule has 0 amide bonds. The van der Waals surface area contributed by atoms with Crippen LogP contribution in [0.2, 0.25) is 10.0 Å². The summed E-state index contributed by atoms with van der Waals surface area (Å²) in [6, 6.07) is 11.8. The second-order valence-corrected chi connectivity index (χ2v) is 5.29. The number of aromatic nitrogens is 1. The van der Waals surface area contributed by atoms with Gasteiger partial charge in [0, 0.05) is 18.3 Å². The fourth-order valence-corrected chi connectivity index (χ4v) is 2.51. The third-order valence-corrected chi connectivity index (χ3v) is 3.91. The Hall–Kier alpha value is -1.09. The van der Waals surface area contributed by atoms with Crippen molar-refractivity contribution in [1.82, 2.24) is 10.3 Å². The smallest absolute Gasteiger partial charge is 0.0639 e. The molecule has 2 atom stereocenters. The molecule has 1 aromatic heterocycles. The summed E-state index contributed by atoms with van der Waals surface area (Å²) in [5.41, 5.74) is 2.00. The van der Waals surface area contributed by atoms with Crippen molar-refractivity contribution in [3.8, 4) is 0 Å². The minimum Gasteiger partial charge on any atom is -0.302 e. The molecule has 0 bridgehead atoms. The average Bonchev–Trinajstić information content (AvgIpc) is 2.42. The van der Waals surface area contributed by atoms with Crippen LogP contribution in [0.3, 0.4) is 0 Å². The first kappa shape index (κ1) is 14.3. The molecular formula is C15H16Cl2N2. The first-order chi connectivity index (χ1) is 9.09. The average molecular weight is 295 g/mol. The van der Waals surface area contributed by atoms with Crippen molar-refractivity contribution >= 4 is 23.2 Å². The van der Waals surface area contributed by atoms with Gasteiger partial charge in [0.05, 0.1) is 15.7 Å². The highest BCUT2D eigenvalue weighted by molar-refractivity contribution is 6.42. The van der Waals surface area contributed by atoms with E-state index in [1.165, 1.54) is 0 Å². The van der Waals surface area contributed by atoms with Gasteiger partial charge in [-0.15, -0.1) is 0 Å². The van der Waals surface area contributed by atoms with Gasteiger partial charge >= 0.3 is 0 Å². The van der Waals surface area contributed by atoms with Gasteiger partial charge in [-0.2, -0.15) is 0 Å². The fourth-order valence-electron chi connectivity index (χ4n) is 2.04. The van der Waals surface area contributed by atoms with Gasteiger partial charge in [-0.05, 0) is 37.6 Å². The van der Waals surface area contributed by atoms with Gasteiger partial charge in [0.15, 0.2) is 0 Å². The number of hydrogen-bond acceptors (Lipinski definition) is 2. The molecule has 0 aliphatic heterocycles. The zero-order valence-corrected chi connectivity index (χ0v) is 12.4. The Balaban J connectivity index is 2.13. The Morgan fingerprint density at radius 2 is 1.79 bits per heavy atom. The number of nitrogens with one attached hydrogen (secondary N) is 1. The number of pyridine rings is 1. The van der Waals surface area contributed by atoms with Crippen LogP contribution < -0.4 is 5.32 Å². The SMILES string of the molecule is CC(N[C@H](C)c1ccccn1)c1cccc(Cl)c1Cl. The second-order valence-electron chi connectivity index (χ2n) is 4.51. The highest BCUT2D eigenvalue weighted by atomic mass is 35.5. The van der Waals surface area contributed by atoms with Crippen LogP contribution in [0.4, 0.5) is 0 Å². The van der Waals surface area contributed by atoms with Crippen molar-refractivity contribution in [2.24, 2.45) is 0 Å². The van der Waals surface area contributed by atoms with E-state index in [1.807, 2.05) is 30.3 Å². The van der Waals surface area contributed by atoms with E-state index in [9.17, 15) is 0 Å². The molecule has 0 radical (unpaired) electrons. The van der Waals surface area contributed by atoms with E-state index in [-0.39, 0.29) is 12.1 Å². The van der Waals surface area contributed by atoms with Crippen LogP contribution in [0.15, 0.2) is 42.6 Å². The monoisotopic (exact) mass is 294 g/mol. The lowest BCUT2D eigenvalue weighted by Crippen LogP contribution is -2.23. The summed E-state index contributed by atoms with van der Waals surface area (Å²) in [7, 11) is 0. The van der Waals surface area contributed by atoms with Crippen LogP contribution >= 0.6 is 23.2 Å². The maximum absolute atomic E-state index is 6.23. The standard InChI is InChI=1S/C15H16Cl2N2/c1-10(12-6-5-7-13(16)15(12)17)19-11(2)14-8-3-4-9-18-14/h3-11,19H,1-2H3/t10?,11-/m1/s1. The van der Waals surface area contributed by atoms with Crippen LogP contribution in [-0.4, -0.2) is 4.98 Å². The van der Waals surface area contributed by atoms with Crippen LogP contribution in [0, 0.1) is 0 Å². The maximum atomic E-state index is 6.23. The molecule has 1 heterocycles. The normalized spacial score (nSPS) is 14.1. The van der Waals surface area contributed by atoms with Crippen molar-refractivity contribution in [3.05, 3.63) is 63.9 Å². The highest BCUT2D eigenvalue weighted by Crippen LogP contribution is 2.30. The van der Waals surface area contributed by atoms with Crippen molar-refractivity contribution in [1.29, 1.82) is 0 Å². The van der Waals surface area contributed by atoms with Crippen LogP contribution in [0.5, 0.6) is 0 Å². The van der Waals surface area contributed by atoms with E-state index in [0.29, 0.717) is 10.0 Å². The van der Waals surface area contributed by atoms with Gasteiger partial charge in [-0.25, -0.2) is 0 Å². The molecular weight excluding hydrogens is 279 g/mol. The Labute approximate surface area is 123 Å².